The number of hydrogen-bond donors (Lipinski definition) is 2. The number of aromatic amines is 1. The molecule has 27 heavy (non-hydrogen) atoms. The highest BCUT2D eigenvalue weighted by Gasteiger charge is 2.28. The Bertz CT molecular complexity index is 1050. The standard InChI is InChI=1S/C15H11ClFN3O6S/c16-12-8(2-4-27(23,24)10-1-3-25-7-10)5-9(6-11(12)17)26-14-13(15(21)22)18-20-19-14/h5-6,10H,1,3,7H2,(H,21,22)(H,18,19,20). The summed E-state index contributed by atoms with van der Waals surface area (Å²) >= 11 is 5.84. The third kappa shape index (κ3) is 4.19. The molecule has 2 N–H and O–H groups in total. The van der Waals surface area contributed by atoms with E-state index in [1.165, 1.54) is 6.07 Å². The second kappa shape index (κ2) is 7.51. The number of carboxylic acids is 1. The number of nitrogens with zero attached hydrogens (tertiary/aromatic N) is 2. The van der Waals surface area contributed by atoms with Gasteiger partial charge < -0.3 is 14.6 Å². The van der Waals surface area contributed by atoms with Crippen molar-refractivity contribution >= 4 is 27.4 Å². The van der Waals surface area contributed by atoms with Crippen LogP contribution in [0.5, 0.6) is 11.6 Å². The first-order valence-corrected chi connectivity index (χ1v) is 9.36. The summed E-state index contributed by atoms with van der Waals surface area (Å²) < 4.78 is 48.6. The lowest BCUT2D eigenvalue weighted by Gasteiger charge is -2.06. The van der Waals surface area contributed by atoms with Crippen molar-refractivity contribution in [1.82, 2.24) is 15.4 Å². The van der Waals surface area contributed by atoms with Crippen LogP contribution in [0.1, 0.15) is 22.5 Å². The van der Waals surface area contributed by atoms with Crippen LogP contribution in [0.2, 0.25) is 5.02 Å². The molecule has 0 bridgehead atoms. The van der Waals surface area contributed by atoms with Crippen LogP contribution in [-0.4, -0.2) is 53.4 Å². The quantitative estimate of drug-likeness (QED) is 0.720. The van der Waals surface area contributed by atoms with Crippen molar-refractivity contribution in [2.45, 2.75) is 11.7 Å². The molecule has 1 saturated heterocycles. The molecule has 1 atom stereocenters. The molecular formula is C15H11ClFN3O6S. The van der Waals surface area contributed by atoms with Crippen molar-refractivity contribution < 1.29 is 32.2 Å². The van der Waals surface area contributed by atoms with E-state index in [0.717, 1.165) is 6.07 Å². The minimum absolute atomic E-state index is 0.0487. The fourth-order valence-corrected chi connectivity index (χ4v) is 3.49. The predicted octanol–water partition coefficient (Wildman–Crippen LogP) is 1.60. The predicted molar refractivity (Wildman–Crippen MR) is 89.8 cm³/mol. The average Bonchev–Trinajstić information content (AvgIpc) is 3.28. The molecule has 0 saturated carbocycles. The summed E-state index contributed by atoms with van der Waals surface area (Å²) in [6.07, 6.45) is 0.326. The minimum atomic E-state index is -3.78. The van der Waals surface area contributed by atoms with Gasteiger partial charge in [-0.2, -0.15) is 0 Å². The molecule has 1 unspecified atom stereocenters. The summed E-state index contributed by atoms with van der Waals surface area (Å²) in [4.78, 5) is 11.0. The minimum Gasteiger partial charge on any atom is -0.476 e. The number of H-pyrrole nitrogens is 1. The Labute approximate surface area is 157 Å². The van der Waals surface area contributed by atoms with Gasteiger partial charge in [0.1, 0.15) is 11.6 Å². The summed E-state index contributed by atoms with van der Waals surface area (Å²) in [6.45, 7) is 0.376. The first-order chi connectivity index (χ1) is 12.8. The Morgan fingerprint density at radius 2 is 2.26 bits per heavy atom. The molecule has 3 rings (SSSR count). The summed E-state index contributed by atoms with van der Waals surface area (Å²) in [5, 5.41) is 18.8. The van der Waals surface area contributed by atoms with E-state index in [9.17, 15) is 17.6 Å². The molecule has 0 radical (unpaired) electrons. The lowest BCUT2D eigenvalue weighted by Crippen LogP contribution is -2.19. The Hall–Kier alpha value is -2.68. The van der Waals surface area contributed by atoms with Gasteiger partial charge in [-0.3, -0.25) is 0 Å². The second-order valence-corrected chi connectivity index (χ2v) is 7.76. The first-order valence-electron chi connectivity index (χ1n) is 7.43. The largest absolute Gasteiger partial charge is 0.476 e. The highest BCUT2D eigenvalue weighted by atomic mass is 35.5. The Balaban J connectivity index is 1.92. The lowest BCUT2D eigenvalue weighted by atomic mass is 10.2. The van der Waals surface area contributed by atoms with Gasteiger partial charge in [0.05, 0.1) is 22.4 Å². The topological polar surface area (TPSA) is 131 Å². The molecule has 2 aromatic rings. The van der Waals surface area contributed by atoms with Gasteiger partial charge in [-0.25, -0.2) is 22.7 Å². The van der Waals surface area contributed by atoms with E-state index < -0.39 is 37.6 Å². The van der Waals surface area contributed by atoms with Gasteiger partial charge >= 0.3 is 5.97 Å². The SMILES string of the molecule is O=C(O)c1nn[nH]c1Oc1cc(F)c(Cl)c(C#CS(=O)(=O)C2CCOC2)c1. The van der Waals surface area contributed by atoms with Crippen molar-refractivity contribution in [3.05, 3.63) is 34.2 Å². The number of halogens is 2. The van der Waals surface area contributed by atoms with Crippen molar-refractivity contribution in [1.29, 1.82) is 0 Å². The molecule has 1 aromatic carbocycles. The van der Waals surface area contributed by atoms with E-state index in [1.54, 1.807) is 0 Å². The average molecular weight is 416 g/mol. The maximum atomic E-state index is 14.0. The number of ether oxygens (including phenoxy) is 2. The van der Waals surface area contributed by atoms with Gasteiger partial charge in [-0.05, 0) is 18.4 Å². The molecule has 0 aliphatic carbocycles. The highest BCUT2D eigenvalue weighted by Crippen LogP contribution is 2.29. The van der Waals surface area contributed by atoms with Gasteiger partial charge in [0.15, 0.2) is 0 Å². The molecule has 1 aromatic heterocycles. The zero-order chi connectivity index (χ0) is 19.6. The number of carbonyl (C=O) groups is 1. The van der Waals surface area contributed by atoms with Crippen LogP contribution in [0.25, 0.3) is 0 Å². The van der Waals surface area contributed by atoms with Gasteiger partial charge in [0.2, 0.25) is 15.5 Å². The van der Waals surface area contributed by atoms with Crippen molar-refractivity contribution in [3.8, 4) is 22.8 Å². The van der Waals surface area contributed by atoms with Crippen LogP contribution in [0, 0.1) is 17.0 Å². The van der Waals surface area contributed by atoms with Gasteiger partial charge in [-0.15, -0.1) is 5.10 Å². The zero-order valence-corrected chi connectivity index (χ0v) is 15.0. The molecular weight excluding hydrogens is 405 g/mol. The van der Waals surface area contributed by atoms with E-state index in [1.807, 2.05) is 0 Å². The monoisotopic (exact) mass is 415 g/mol. The van der Waals surface area contributed by atoms with Crippen molar-refractivity contribution in [2.24, 2.45) is 0 Å². The number of nitrogens with one attached hydrogen (secondary N) is 1. The molecule has 142 valence electrons. The maximum absolute atomic E-state index is 14.0. The van der Waals surface area contributed by atoms with E-state index in [0.29, 0.717) is 13.0 Å². The normalized spacial score (nSPS) is 16.6. The van der Waals surface area contributed by atoms with Crippen LogP contribution >= 0.6 is 11.6 Å². The lowest BCUT2D eigenvalue weighted by molar-refractivity contribution is 0.0687. The Morgan fingerprint density at radius 3 is 2.93 bits per heavy atom. The number of sulfone groups is 1. The van der Waals surface area contributed by atoms with Gasteiger partial charge in [-0.1, -0.05) is 16.8 Å². The molecule has 0 spiro atoms. The summed E-state index contributed by atoms with van der Waals surface area (Å²) in [5.41, 5.74) is -0.652. The van der Waals surface area contributed by atoms with E-state index in [2.05, 4.69) is 26.6 Å². The molecule has 2 heterocycles. The van der Waals surface area contributed by atoms with Crippen LogP contribution in [-0.2, 0) is 14.6 Å². The molecule has 9 nitrogen and oxygen atoms in total. The highest BCUT2D eigenvalue weighted by molar-refractivity contribution is 7.96. The van der Waals surface area contributed by atoms with Crippen molar-refractivity contribution in [2.75, 3.05) is 13.2 Å². The number of rotatable bonds is 4. The number of hydrogen-bond acceptors (Lipinski definition) is 7. The zero-order valence-electron chi connectivity index (χ0n) is 13.4. The molecule has 1 aliphatic heterocycles. The number of carboxylic acid groups (broad SMARTS) is 1. The van der Waals surface area contributed by atoms with Crippen LogP contribution in [0.4, 0.5) is 4.39 Å². The number of aromatic nitrogens is 3. The van der Waals surface area contributed by atoms with Crippen LogP contribution in [0.3, 0.4) is 0 Å². The Kier molecular flexibility index (Phi) is 5.31. The van der Waals surface area contributed by atoms with Gasteiger partial charge in [0.25, 0.3) is 5.88 Å². The smallest absolute Gasteiger partial charge is 0.362 e. The van der Waals surface area contributed by atoms with Crippen LogP contribution < -0.4 is 4.74 Å². The summed E-state index contributed by atoms with van der Waals surface area (Å²) in [5.74, 6) is -0.510. The second-order valence-electron chi connectivity index (χ2n) is 5.42. The molecule has 12 heteroatoms. The molecule has 0 amide bonds. The molecule has 1 aliphatic rings. The summed E-state index contributed by atoms with van der Waals surface area (Å²) in [6, 6.07) is 2.06. The fraction of sp³-hybridized carbons (Fsp3) is 0.267. The third-order valence-corrected chi connectivity index (χ3v) is 5.62. The third-order valence-electron chi connectivity index (χ3n) is 3.60. The van der Waals surface area contributed by atoms with Gasteiger partial charge in [0, 0.05) is 17.9 Å². The molecule has 1 fully saturated rings. The Morgan fingerprint density at radius 1 is 1.48 bits per heavy atom. The van der Waals surface area contributed by atoms with E-state index >= 15 is 0 Å². The van der Waals surface area contributed by atoms with E-state index in [4.69, 9.17) is 26.2 Å². The first kappa shape index (κ1) is 19.1. The van der Waals surface area contributed by atoms with E-state index in [-0.39, 0.29) is 23.8 Å². The summed E-state index contributed by atoms with van der Waals surface area (Å²) in [7, 11) is -3.78. The number of aromatic carboxylic acids is 1. The van der Waals surface area contributed by atoms with Crippen LogP contribution in [0.15, 0.2) is 12.1 Å². The maximum Gasteiger partial charge on any atom is 0.362 e. The fourth-order valence-electron chi connectivity index (χ4n) is 2.23. The number of benzene rings is 1. The van der Waals surface area contributed by atoms with Crippen molar-refractivity contribution in [3.63, 3.8) is 0 Å².